The molecule has 0 saturated heterocycles. The average Bonchev–Trinajstić information content (AvgIpc) is 3.22. The second kappa shape index (κ2) is 10.4. The Morgan fingerprint density at radius 1 is 1.09 bits per heavy atom. The number of nitrogens with one attached hydrogen (secondary N) is 1. The third-order valence-electron chi connectivity index (χ3n) is 7.23. The van der Waals surface area contributed by atoms with E-state index in [4.69, 9.17) is 14.2 Å². The molecule has 1 heterocycles. The topological polar surface area (TPSA) is 77.6 Å². The number of ether oxygens (including phenoxy) is 3. The number of H-pyrrole nitrogens is 1. The van der Waals surface area contributed by atoms with E-state index >= 15 is 0 Å². The summed E-state index contributed by atoms with van der Waals surface area (Å²) < 4.78 is 16.3. The van der Waals surface area contributed by atoms with Crippen molar-refractivity contribution in [2.24, 2.45) is 5.92 Å². The standard InChI is InChI=1S/C27H35NO5/c1-4-33-27(30)26-20(12-10-17-8-6-5-7-9-17)25-22(28-26)14-18(15-23(25)29)21-16-19(31-2)11-13-24(21)32-3/h11,13,16-18,28H,4-10,12,14-15H2,1-3H3/t18-/m0/s1. The lowest BCUT2D eigenvalue weighted by Crippen LogP contribution is -2.20. The number of benzene rings is 1. The molecule has 1 fully saturated rings. The molecule has 0 spiro atoms. The number of methoxy groups -OCH3 is 2. The molecule has 4 rings (SSSR count). The number of aromatic nitrogens is 1. The van der Waals surface area contributed by atoms with Crippen LogP contribution >= 0.6 is 0 Å². The van der Waals surface area contributed by atoms with Crippen LogP contribution in [-0.4, -0.2) is 37.6 Å². The fraction of sp³-hybridized carbons (Fsp3) is 0.556. The zero-order valence-corrected chi connectivity index (χ0v) is 20.0. The molecule has 0 unspecified atom stereocenters. The lowest BCUT2D eigenvalue weighted by Gasteiger charge is -2.25. The maximum Gasteiger partial charge on any atom is 0.355 e. The number of rotatable bonds is 8. The minimum atomic E-state index is -0.367. The summed E-state index contributed by atoms with van der Waals surface area (Å²) in [5.41, 5.74) is 3.82. The van der Waals surface area contributed by atoms with Crippen molar-refractivity contribution in [3.05, 3.63) is 46.3 Å². The van der Waals surface area contributed by atoms with Crippen LogP contribution < -0.4 is 9.47 Å². The van der Waals surface area contributed by atoms with E-state index in [9.17, 15) is 9.59 Å². The highest BCUT2D eigenvalue weighted by Gasteiger charge is 2.35. The van der Waals surface area contributed by atoms with Crippen molar-refractivity contribution in [1.29, 1.82) is 0 Å². The second-order valence-electron chi connectivity index (χ2n) is 9.23. The van der Waals surface area contributed by atoms with Gasteiger partial charge in [-0.15, -0.1) is 0 Å². The van der Waals surface area contributed by atoms with Crippen molar-refractivity contribution in [2.75, 3.05) is 20.8 Å². The number of fused-ring (bicyclic) bond motifs is 1. The molecule has 0 aliphatic heterocycles. The van der Waals surface area contributed by atoms with Gasteiger partial charge in [-0.1, -0.05) is 32.1 Å². The van der Waals surface area contributed by atoms with Gasteiger partial charge in [-0.05, 0) is 55.9 Å². The predicted molar refractivity (Wildman–Crippen MR) is 127 cm³/mol. The van der Waals surface area contributed by atoms with E-state index in [0.29, 0.717) is 36.6 Å². The Bertz CT molecular complexity index is 1000. The molecule has 1 N–H and O–H groups in total. The first kappa shape index (κ1) is 23.4. The van der Waals surface area contributed by atoms with E-state index in [2.05, 4.69) is 4.98 Å². The van der Waals surface area contributed by atoms with Crippen LogP contribution in [0.1, 0.15) is 95.5 Å². The number of esters is 1. The number of ketones is 1. The van der Waals surface area contributed by atoms with E-state index in [1.807, 2.05) is 18.2 Å². The highest BCUT2D eigenvalue weighted by atomic mass is 16.5. The van der Waals surface area contributed by atoms with Gasteiger partial charge < -0.3 is 19.2 Å². The first-order chi connectivity index (χ1) is 16.0. The minimum Gasteiger partial charge on any atom is -0.497 e. The Morgan fingerprint density at radius 2 is 1.88 bits per heavy atom. The third-order valence-corrected chi connectivity index (χ3v) is 7.23. The van der Waals surface area contributed by atoms with Crippen molar-refractivity contribution in [1.82, 2.24) is 4.98 Å². The van der Waals surface area contributed by atoms with Crippen LogP contribution in [-0.2, 0) is 17.6 Å². The lowest BCUT2D eigenvalue weighted by atomic mass is 9.79. The highest BCUT2D eigenvalue weighted by molar-refractivity contribution is 6.04. The highest BCUT2D eigenvalue weighted by Crippen LogP contribution is 2.41. The van der Waals surface area contributed by atoms with Crippen LogP contribution in [0.3, 0.4) is 0 Å². The number of carbonyl (C=O) groups is 2. The van der Waals surface area contributed by atoms with Gasteiger partial charge in [0, 0.05) is 29.2 Å². The molecule has 1 aromatic heterocycles. The molecule has 178 valence electrons. The van der Waals surface area contributed by atoms with Crippen LogP contribution in [0.25, 0.3) is 0 Å². The lowest BCUT2D eigenvalue weighted by molar-refractivity contribution is 0.0518. The van der Waals surface area contributed by atoms with Gasteiger partial charge in [0.2, 0.25) is 0 Å². The van der Waals surface area contributed by atoms with E-state index in [0.717, 1.165) is 41.2 Å². The Kier molecular flexibility index (Phi) is 7.41. The SMILES string of the molecule is CCOC(=O)c1[nH]c2c(c1CCC1CCCCC1)C(=O)C[C@@H](c1cc(OC)ccc1OC)C2. The quantitative estimate of drug-likeness (QED) is 0.524. The maximum atomic E-state index is 13.4. The van der Waals surface area contributed by atoms with Crippen LogP contribution in [0, 0.1) is 5.92 Å². The Morgan fingerprint density at radius 3 is 2.58 bits per heavy atom. The Balaban J connectivity index is 1.66. The number of hydrogen-bond donors (Lipinski definition) is 1. The smallest absolute Gasteiger partial charge is 0.355 e. The summed E-state index contributed by atoms with van der Waals surface area (Å²) in [5, 5.41) is 0. The fourth-order valence-electron chi connectivity index (χ4n) is 5.56. The van der Waals surface area contributed by atoms with E-state index in [1.165, 1.54) is 32.1 Å². The Hall–Kier alpha value is -2.76. The van der Waals surface area contributed by atoms with Gasteiger partial charge in [0.25, 0.3) is 0 Å². The molecule has 0 amide bonds. The summed E-state index contributed by atoms with van der Waals surface area (Å²) in [6, 6.07) is 5.68. The van der Waals surface area contributed by atoms with Crippen molar-refractivity contribution in [3.8, 4) is 11.5 Å². The number of carbonyl (C=O) groups excluding carboxylic acids is 2. The van der Waals surface area contributed by atoms with Crippen LogP contribution in [0.2, 0.25) is 0 Å². The van der Waals surface area contributed by atoms with Crippen molar-refractivity contribution in [2.45, 2.75) is 70.6 Å². The predicted octanol–water partition coefficient (Wildman–Crippen LogP) is 5.63. The molecule has 0 bridgehead atoms. The zero-order chi connectivity index (χ0) is 23.4. The second-order valence-corrected chi connectivity index (χ2v) is 9.23. The number of aromatic amines is 1. The Labute approximate surface area is 196 Å². The monoisotopic (exact) mass is 453 g/mol. The molecule has 1 atom stereocenters. The molecule has 6 heteroatoms. The summed E-state index contributed by atoms with van der Waals surface area (Å²) in [7, 11) is 3.27. The summed E-state index contributed by atoms with van der Waals surface area (Å²) in [6.45, 7) is 2.11. The molecule has 0 radical (unpaired) electrons. The molecular formula is C27H35NO5. The number of Topliss-reactive ketones (excluding diaryl/α,β-unsaturated/α-hetero) is 1. The van der Waals surface area contributed by atoms with Crippen molar-refractivity contribution in [3.63, 3.8) is 0 Å². The van der Waals surface area contributed by atoms with Gasteiger partial charge in [0.15, 0.2) is 5.78 Å². The fourth-order valence-corrected chi connectivity index (χ4v) is 5.56. The summed E-state index contributed by atoms with van der Waals surface area (Å²) in [5.74, 6) is 1.81. The summed E-state index contributed by atoms with van der Waals surface area (Å²) in [6.07, 6.45) is 9.14. The van der Waals surface area contributed by atoms with Gasteiger partial charge >= 0.3 is 5.97 Å². The van der Waals surface area contributed by atoms with Crippen LogP contribution in [0.4, 0.5) is 0 Å². The van der Waals surface area contributed by atoms with Gasteiger partial charge in [0.1, 0.15) is 17.2 Å². The first-order valence-electron chi connectivity index (χ1n) is 12.2. The third kappa shape index (κ3) is 4.94. The van der Waals surface area contributed by atoms with E-state index in [-0.39, 0.29) is 17.7 Å². The zero-order valence-electron chi connectivity index (χ0n) is 20.0. The van der Waals surface area contributed by atoms with Gasteiger partial charge in [0.05, 0.1) is 20.8 Å². The first-order valence-corrected chi connectivity index (χ1v) is 12.2. The largest absolute Gasteiger partial charge is 0.497 e. The van der Waals surface area contributed by atoms with Gasteiger partial charge in [-0.2, -0.15) is 0 Å². The average molecular weight is 454 g/mol. The van der Waals surface area contributed by atoms with Gasteiger partial charge in [-0.25, -0.2) is 4.79 Å². The maximum absolute atomic E-state index is 13.4. The number of hydrogen-bond acceptors (Lipinski definition) is 5. The molecule has 6 nitrogen and oxygen atoms in total. The molecule has 2 aliphatic rings. The van der Waals surface area contributed by atoms with Crippen LogP contribution in [0.15, 0.2) is 18.2 Å². The molecule has 1 aromatic carbocycles. The summed E-state index contributed by atoms with van der Waals surface area (Å²) >= 11 is 0. The minimum absolute atomic E-state index is 0.0464. The molecular weight excluding hydrogens is 418 g/mol. The van der Waals surface area contributed by atoms with E-state index < -0.39 is 0 Å². The summed E-state index contributed by atoms with van der Waals surface area (Å²) in [4.78, 5) is 29.5. The van der Waals surface area contributed by atoms with E-state index in [1.54, 1.807) is 21.1 Å². The molecule has 2 aliphatic carbocycles. The molecule has 33 heavy (non-hydrogen) atoms. The molecule has 2 aromatic rings. The van der Waals surface area contributed by atoms with Crippen LogP contribution in [0.5, 0.6) is 11.5 Å². The van der Waals surface area contributed by atoms with Crippen molar-refractivity contribution >= 4 is 11.8 Å². The van der Waals surface area contributed by atoms with Crippen molar-refractivity contribution < 1.29 is 23.8 Å². The molecule has 1 saturated carbocycles. The normalized spacial score (nSPS) is 18.6. The van der Waals surface area contributed by atoms with Gasteiger partial charge in [-0.3, -0.25) is 4.79 Å².